The lowest BCUT2D eigenvalue weighted by Crippen LogP contribution is -2.34. The maximum Gasteiger partial charge on any atom is 0.218 e. The fraction of sp³-hybridized carbons (Fsp3) is 0.857. The average Bonchev–Trinajstić information content (AvgIpc) is 2.34. The first-order chi connectivity index (χ1) is 5.22. The lowest BCUT2D eigenvalue weighted by atomic mass is 10.1. The number of nitrogens with two attached hydrogens (primary N) is 1. The van der Waals surface area contributed by atoms with Crippen LogP contribution >= 0.6 is 0 Å². The molecular weight excluding hydrogens is 144 g/mol. The zero-order chi connectivity index (χ0) is 8.27. The normalized spacial score (nSPS) is 30.6. The molecule has 0 aromatic heterocycles. The zero-order valence-electron chi connectivity index (χ0n) is 6.42. The van der Waals surface area contributed by atoms with Gasteiger partial charge in [0.15, 0.2) is 0 Å². The second kappa shape index (κ2) is 3.69. The van der Waals surface area contributed by atoms with Crippen LogP contribution in [0.15, 0.2) is 0 Å². The molecule has 1 fully saturated rings. The SMILES string of the molecule is NC(=O)CC1CCC(CO)N1. The molecule has 1 aliphatic heterocycles. The molecule has 0 aromatic carbocycles. The minimum Gasteiger partial charge on any atom is -0.395 e. The molecular formula is C7H14N2O2. The van der Waals surface area contributed by atoms with Gasteiger partial charge in [-0.2, -0.15) is 0 Å². The monoisotopic (exact) mass is 158 g/mol. The number of hydrogen-bond acceptors (Lipinski definition) is 3. The Morgan fingerprint density at radius 2 is 2.18 bits per heavy atom. The predicted octanol–water partition coefficient (Wildman–Crippen LogP) is -1.03. The number of aliphatic hydroxyl groups excluding tert-OH is 1. The summed E-state index contributed by atoms with van der Waals surface area (Å²) in [6.45, 7) is 0.148. The van der Waals surface area contributed by atoms with Crippen molar-refractivity contribution in [3.63, 3.8) is 0 Å². The summed E-state index contributed by atoms with van der Waals surface area (Å²) in [5.74, 6) is -0.277. The van der Waals surface area contributed by atoms with Gasteiger partial charge in [-0.15, -0.1) is 0 Å². The molecule has 4 N–H and O–H groups in total. The van der Waals surface area contributed by atoms with Crippen molar-refractivity contribution < 1.29 is 9.90 Å². The highest BCUT2D eigenvalue weighted by Gasteiger charge is 2.23. The molecule has 0 aliphatic carbocycles. The van der Waals surface area contributed by atoms with E-state index in [0.29, 0.717) is 6.42 Å². The number of amides is 1. The van der Waals surface area contributed by atoms with Gasteiger partial charge in [0.05, 0.1) is 6.61 Å². The molecule has 0 saturated carbocycles. The lowest BCUT2D eigenvalue weighted by molar-refractivity contribution is -0.118. The van der Waals surface area contributed by atoms with E-state index >= 15 is 0 Å². The summed E-state index contributed by atoms with van der Waals surface area (Å²) < 4.78 is 0. The van der Waals surface area contributed by atoms with Gasteiger partial charge < -0.3 is 16.2 Å². The summed E-state index contributed by atoms with van der Waals surface area (Å²) >= 11 is 0. The Hall–Kier alpha value is -0.610. The Balaban J connectivity index is 2.24. The lowest BCUT2D eigenvalue weighted by Gasteiger charge is -2.09. The van der Waals surface area contributed by atoms with Gasteiger partial charge in [0, 0.05) is 18.5 Å². The molecule has 1 amide bonds. The van der Waals surface area contributed by atoms with Crippen LogP contribution in [0, 0.1) is 0 Å². The van der Waals surface area contributed by atoms with Crippen molar-refractivity contribution >= 4 is 5.91 Å². The third kappa shape index (κ3) is 2.48. The van der Waals surface area contributed by atoms with Crippen molar-refractivity contribution in [3.05, 3.63) is 0 Å². The van der Waals surface area contributed by atoms with Crippen molar-refractivity contribution in [2.75, 3.05) is 6.61 Å². The standard InChI is InChI=1S/C7H14N2O2/c8-7(11)3-5-1-2-6(4-10)9-5/h5-6,9-10H,1-4H2,(H2,8,11). The van der Waals surface area contributed by atoms with Crippen LogP contribution in [-0.2, 0) is 4.79 Å². The molecule has 0 radical (unpaired) electrons. The van der Waals surface area contributed by atoms with Crippen LogP contribution in [0.5, 0.6) is 0 Å². The maximum atomic E-state index is 10.5. The van der Waals surface area contributed by atoms with E-state index in [4.69, 9.17) is 10.8 Å². The Bertz CT molecular complexity index is 149. The molecule has 11 heavy (non-hydrogen) atoms. The van der Waals surface area contributed by atoms with Crippen LogP contribution in [0.1, 0.15) is 19.3 Å². The first kappa shape index (κ1) is 8.49. The number of rotatable bonds is 3. The van der Waals surface area contributed by atoms with E-state index in [0.717, 1.165) is 12.8 Å². The molecule has 1 saturated heterocycles. The Labute approximate surface area is 65.8 Å². The number of aliphatic hydroxyl groups is 1. The quantitative estimate of drug-likeness (QED) is 0.492. The molecule has 0 aromatic rings. The van der Waals surface area contributed by atoms with E-state index in [9.17, 15) is 4.79 Å². The summed E-state index contributed by atoms with van der Waals surface area (Å²) in [5, 5.41) is 11.9. The van der Waals surface area contributed by atoms with E-state index < -0.39 is 0 Å². The van der Waals surface area contributed by atoms with Crippen LogP contribution in [0.25, 0.3) is 0 Å². The summed E-state index contributed by atoms with van der Waals surface area (Å²) in [5.41, 5.74) is 5.02. The minimum absolute atomic E-state index is 0.148. The van der Waals surface area contributed by atoms with Gasteiger partial charge in [0.25, 0.3) is 0 Å². The molecule has 0 bridgehead atoms. The Morgan fingerprint density at radius 1 is 1.55 bits per heavy atom. The van der Waals surface area contributed by atoms with Gasteiger partial charge in [0.2, 0.25) is 5.91 Å². The highest BCUT2D eigenvalue weighted by molar-refractivity contribution is 5.74. The third-order valence-corrected chi connectivity index (χ3v) is 2.00. The average molecular weight is 158 g/mol. The van der Waals surface area contributed by atoms with Crippen molar-refractivity contribution in [3.8, 4) is 0 Å². The van der Waals surface area contributed by atoms with Crippen LogP contribution in [0.4, 0.5) is 0 Å². The minimum atomic E-state index is -0.277. The molecule has 0 spiro atoms. The van der Waals surface area contributed by atoms with Gasteiger partial charge in [-0.3, -0.25) is 4.79 Å². The smallest absolute Gasteiger partial charge is 0.218 e. The summed E-state index contributed by atoms with van der Waals surface area (Å²) in [6.07, 6.45) is 2.26. The van der Waals surface area contributed by atoms with Gasteiger partial charge in [-0.05, 0) is 12.8 Å². The van der Waals surface area contributed by atoms with E-state index in [1.165, 1.54) is 0 Å². The topological polar surface area (TPSA) is 75.4 Å². The number of carbonyl (C=O) groups excluding carboxylic acids is 1. The van der Waals surface area contributed by atoms with Crippen LogP contribution < -0.4 is 11.1 Å². The molecule has 1 heterocycles. The molecule has 1 rings (SSSR count). The second-order valence-electron chi connectivity index (χ2n) is 2.99. The van der Waals surface area contributed by atoms with E-state index in [2.05, 4.69) is 5.32 Å². The van der Waals surface area contributed by atoms with E-state index in [-0.39, 0.29) is 24.6 Å². The fourth-order valence-corrected chi connectivity index (χ4v) is 1.45. The third-order valence-electron chi connectivity index (χ3n) is 2.00. The van der Waals surface area contributed by atoms with Gasteiger partial charge in [0.1, 0.15) is 0 Å². The molecule has 4 nitrogen and oxygen atoms in total. The first-order valence-electron chi connectivity index (χ1n) is 3.87. The highest BCUT2D eigenvalue weighted by Crippen LogP contribution is 2.13. The Morgan fingerprint density at radius 3 is 2.64 bits per heavy atom. The second-order valence-corrected chi connectivity index (χ2v) is 2.99. The van der Waals surface area contributed by atoms with E-state index in [1.54, 1.807) is 0 Å². The van der Waals surface area contributed by atoms with Gasteiger partial charge >= 0.3 is 0 Å². The van der Waals surface area contributed by atoms with Gasteiger partial charge in [-0.25, -0.2) is 0 Å². The molecule has 2 unspecified atom stereocenters. The highest BCUT2D eigenvalue weighted by atomic mass is 16.3. The number of primary amides is 1. The Kier molecular flexibility index (Phi) is 2.84. The largest absolute Gasteiger partial charge is 0.395 e. The van der Waals surface area contributed by atoms with Crippen LogP contribution in [0.2, 0.25) is 0 Å². The van der Waals surface area contributed by atoms with Gasteiger partial charge in [-0.1, -0.05) is 0 Å². The number of hydrogen-bond donors (Lipinski definition) is 3. The van der Waals surface area contributed by atoms with Crippen molar-refractivity contribution in [1.29, 1.82) is 0 Å². The van der Waals surface area contributed by atoms with Crippen molar-refractivity contribution in [1.82, 2.24) is 5.32 Å². The number of carbonyl (C=O) groups is 1. The zero-order valence-corrected chi connectivity index (χ0v) is 6.42. The van der Waals surface area contributed by atoms with Crippen molar-refractivity contribution in [2.45, 2.75) is 31.3 Å². The molecule has 1 aliphatic rings. The fourth-order valence-electron chi connectivity index (χ4n) is 1.45. The maximum absolute atomic E-state index is 10.5. The predicted molar refractivity (Wildman–Crippen MR) is 40.8 cm³/mol. The summed E-state index contributed by atoms with van der Waals surface area (Å²) in [6, 6.07) is 0.351. The molecule has 4 heteroatoms. The van der Waals surface area contributed by atoms with E-state index in [1.807, 2.05) is 0 Å². The summed E-state index contributed by atoms with van der Waals surface area (Å²) in [7, 11) is 0. The first-order valence-corrected chi connectivity index (χ1v) is 3.87. The van der Waals surface area contributed by atoms with Crippen LogP contribution in [-0.4, -0.2) is 29.7 Å². The molecule has 2 atom stereocenters. The number of nitrogens with one attached hydrogen (secondary N) is 1. The van der Waals surface area contributed by atoms with Crippen LogP contribution in [0.3, 0.4) is 0 Å². The van der Waals surface area contributed by atoms with Crippen molar-refractivity contribution in [2.24, 2.45) is 5.73 Å². The molecule has 64 valence electrons. The summed E-state index contributed by atoms with van der Waals surface area (Å²) in [4.78, 5) is 10.5.